The predicted octanol–water partition coefficient (Wildman–Crippen LogP) is 5.54. The highest BCUT2D eigenvalue weighted by Gasteiger charge is 2.13. The molecule has 0 saturated carbocycles. The Balaban J connectivity index is -0.000000101. The fourth-order valence-electron chi connectivity index (χ4n) is 7.33. The van der Waals surface area contributed by atoms with Gasteiger partial charge in [-0.1, -0.05) is 81.6 Å². The molecular formula is C76H190N16O13. The standard InChI is InChI=1S/C7H16N2.C7H17NO.C6H14N2.C6H16N2.C6H15NO2.2C6H15NO.C6H12O2.2C5H13NO.C4H11NO2.2C4H11NO.C4H11N/c8-4-7-9-5-2-1-3-6-9;1-2-3-6-9-7-4-5-8;7-3-6-8-4-1-2-5-8;1-3-8(4-2)6-5-7;1-3-8-6(5-7)9-4-2;1-6(2)8-5-3-4-7;1-2-5-8-6-3-4-7;1-2-3-6-7-4-5-8-6;1-5(2)7-4-3-6;1-2-4-7-5-3-6;1-6-4(3-5)7-2;1-2-6-4-3-5;1-2-4(6)3-5;1-4(2)3-5/h1-8H2;2-8H2,1H3;1-7H2;3-7H2,1-2H3;6H,3-5,7H2,1-2H3;6H,3-5,7H2,1-2H3;2-7H2,1H3;6H,2-5H2,1H3;5H,3-4,6H2,1-2H3;2-6H2,1H3;4H,3,5H2,1-2H3;2-5H2,1H3;4,6H,2-3,5H2,1H3;4H,3,5H2,1-2H3. The number of likely N-dealkylation sites (N-methyl/N-ethyl adjacent to an activating group) is 1. The van der Waals surface area contributed by atoms with E-state index in [9.17, 15) is 0 Å². The largest absolute Gasteiger partial charge is 0.392 e. The molecule has 0 bridgehead atoms. The zero-order valence-corrected chi connectivity index (χ0v) is 72.3. The number of rotatable bonds is 46. The number of methoxy groups -OCH3 is 2. The summed E-state index contributed by atoms with van der Waals surface area (Å²) in [4.78, 5) is 7.17. The quantitative estimate of drug-likeness (QED) is 0.0263. The number of piperidine rings is 1. The molecule has 29 heteroatoms. The maximum atomic E-state index is 8.54. The Morgan fingerprint density at radius 1 is 0.390 bits per heavy atom. The van der Waals surface area contributed by atoms with E-state index in [0.717, 1.165) is 189 Å². The number of aliphatic hydroxyl groups is 1. The minimum atomic E-state index is -0.287. The van der Waals surface area contributed by atoms with E-state index in [-0.39, 0.29) is 25.0 Å². The SMILES string of the molecule is CC(C)CN.CC(C)OCCCN.CC(C)OCCN.CCC(O)CN.CCCC1OCCO1.CCCCOCCCN.CCCOCCCN.CCCOCCN.CCN(CC)CCN.CCOC(CN)OCC.CCOCCN.COC(CN)OC.NCCN1CCCC1.NCCN1CCCCC1. The summed E-state index contributed by atoms with van der Waals surface area (Å²) in [5.74, 6) is 0.662. The number of hydrogen-bond acceptors (Lipinski definition) is 29. The summed E-state index contributed by atoms with van der Waals surface area (Å²) in [5, 5.41) is 8.54. The van der Waals surface area contributed by atoms with Gasteiger partial charge in [0.15, 0.2) is 18.9 Å². The van der Waals surface area contributed by atoms with E-state index in [4.69, 9.17) is 136 Å². The van der Waals surface area contributed by atoms with E-state index in [1.165, 1.54) is 71.1 Å². The number of nitrogens with two attached hydrogens (primary N) is 13. The van der Waals surface area contributed by atoms with Crippen LogP contribution in [0.5, 0.6) is 0 Å². The first kappa shape index (κ1) is 127. The van der Waals surface area contributed by atoms with Crippen LogP contribution in [0.3, 0.4) is 0 Å². The van der Waals surface area contributed by atoms with Crippen molar-refractivity contribution in [2.45, 2.75) is 244 Å². The molecule has 3 rings (SSSR count). The van der Waals surface area contributed by atoms with Gasteiger partial charge in [0.25, 0.3) is 0 Å². The lowest BCUT2D eigenvalue weighted by Gasteiger charge is -2.25. The third-order valence-electron chi connectivity index (χ3n) is 13.3. The van der Waals surface area contributed by atoms with Crippen LogP contribution in [0.2, 0.25) is 0 Å². The average molecular weight is 1540 g/mol. The molecule has 0 aromatic heterocycles. The lowest BCUT2D eigenvalue weighted by atomic mass is 10.1. The fraction of sp³-hybridized carbons (Fsp3) is 1.00. The molecule has 3 heterocycles. The first-order valence-corrected chi connectivity index (χ1v) is 40.6. The third-order valence-corrected chi connectivity index (χ3v) is 13.3. The molecule has 0 aliphatic carbocycles. The van der Waals surface area contributed by atoms with Crippen LogP contribution in [-0.2, 0) is 56.8 Å². The number of likely N-dealkylation sites (tertiary alicyclic amines) is 2. The van der Waals surface area contributed by atoms with Crippen molar-refractivity contribution in [2.75, 3.05) is 251 Å². The van der Waals surface area contributed by atoms with E-state index in [0.29, 0.717) is 90.4 Å². The van der Waals surface area contributed by atoms with Gasteiger partial charge in [-0.2, -0.15) is 0 Å². The highest BCUT2D eigenvalue weighted by atomic mass is 16.7. The topological polar surface area (TPSA) is 479 Å². The Bertz CT molecular complexity index is 1230. The second-order valence-corrected chi connectivity index (χ2v) is 24.5. The molecule has 3 aliphatic rings. The number of nitrogens with zero attached hydrogens (tertiary/aromatic N) is 3. The minimum Gasteiger partial charge on any atom is -0.392 e. The Kier molecular flexibility index (Phi) is 153. The van der Waals surface area contributed by atoms with E-state index in [2.05, 4.69) is 70.1 Å². The molecular weight excluding hydrogens is 1340 g/mol. The zero-order chi connectivity index (χ0) is 82.3. The van der Waals surface area contributed by atoms with E-state index in [1.807, 2.05) is 55.4 Å². The summed E-state index contributed by atoms with van der Waals surface area (Å²) in [7, 11) is 3.11. The Morgan fingerprint density at radius 2 is 0.781 bits per heavy atom. The minimum absolute atomic E-state index is 0.111. The highest BCUT2D eigenvalue weighted by molar-refractivity contribution is 4.66. The monoisotopic (exact) mass is 1540 g/mol. The van der Waals surface area contributed by atoms with Crippen LogP contribution in [0, 0.1) is 5.92 Å². The number of aliphatic hydroxyl groups excluding tert-OH is 1. The molecule has 1 atom stereocenters. The van der Waals surface area contributed by atoms with Crippen LogP contribution in [0.15, 0.2) is 0 Å². The van der Waals surface area contributed by atoms with E-state index >= 15 is 0 Å². The lowest BCUT2D eigenvalue weighted by molar-refractivity contribution is -0.128. The second-order valence-electron chi connectivity index (χ2n) is 24.5. The van der Waals surface area contributed by atoms with Crippen molar-refractivity contribution in [3.05, 3.63) is 0 Å². The molecule has 0 amide bonds. The normalized spacial score (nSPS) is 13.2. The van der Waals surface area contributed by atoms with Crippen molar-refractivity contribution in [3.8, 4) is 0 Å². The molecule has 0 radical (unpaired) electrons. The van der Waals surface area contributed by atoms with Gasteiger partial charge < -0.3 is 151 Å². The van der Waals surface area contributed by atoms with Gasteiger partial charge in [0.1, 0.15) is 0 Å². The third kappa shape index (κ3) is 149. The number of unbranched alkanes of at least 4 members (excludes halogenated alkanes) is 1. The van der Waals surface area contributed by atoms with Crippen molar-refractivity contribution in [1.82, 2.24) is 14.7 Å². The van der Waals surface area contributed by atoms with Crippen molar-refractivity contribution < 1.29 is 61.9 Å². The Hall–Kier alpha value is -1.16. The Morgan fingerprint density at radius 3 is 1.04 bits per heavy atom. The zero-order valence-electron chi connectivity index (χ0n) is 72.3. The summed E-state index contributed by atoms with van der Waals surface area (Å²) in [5.41, 5.74) is 67.9. The van der Waals surface area contributed by atoms with Gasteiger partial charge in [-0.15, -0.1) is 0 Å². The summed E-state index contributed by atoms with van der Waals surface area (Å²) in [6.45, 7) is 62.6. The van der Waals surface area contributed by atoms with Crippen molar-refractivity contribution >= 4 is 0 Å². The molecule has 0 aromatic rings. The molecule has 29 nitrogen and oxygen atoms in total. The second kappa shape index (κ2) is 126. The van der Waals surface area contributed by atoms with Crippen LogP contribution >= 0.6 is 0 Å². The van der Waals surface area contributed by atoms with Crippen LogP contribution in [0.1, 0.15) is 207 Å². The fourth-order valence-corrected chi connectivity index (χ4v) is 7.33. The van der Waals surface area contributed by atoms with Crippen molar-refractivity contribution in [2.24, 2.45) is 80.5 Å². The average Bonchev–Trinajstić information content (AvgIpc) is 2.12. The smallest absolute Gasteiger partial charge is 0.169 e. The van der Waals surface area contributed by atoms with Crippen LogP contribution < -0.4 is 74.5 Å². The van der Waals surface area contributed by atoms with Gasteiger partial charge in [0.05, 0.1) is 51.3 Å². The number of ether oxygens (including phenoxy) is 12. The van der Waals surface area contributed by atoms with Gasteiger partial charge in [0, 0.05) is 152 Å². The molecule has 105 heavy (non-hydrogen) atoms. The molecule has 3 saturated heterocycles. The Labute approximate surface area is 649 Å². The molecule has 652 valence electrons. The summed E-state index contributed by atoms with van der Waals surface area (Å²) in [6, 6.07) is 0. The molecule has 27 N–H and O–H groups in total. The van der Waals surface area contributed by atoms with Crippen molar-refractivity contribution in [1.29, 1.82) is 0 Å². The summed E-state index contributed by atoms with van der Waals surface area (Å²) < 4.78 is 60.4. The first-order valence-electron chi connectivity index (χ1n) is 40.6. The van der Waals surface area contributed by atoms with Gasteiger partial charge in [0.2, 0.25) is 0 Å². The van der Waals surface area contributed by atoms with Gasteiger partial charge >= 0.3 is 0 Å². The number of hydrogen-bond donors (Lipinski definition) is 14. The summed E-state index contributed by atoms with van der Waals surface area (Å²) in [6.07, 6.45) is 17.4. The summed E-state index contributed by atoms with van der Waals surface area (Å²) >= 11 is 0. The highest BCUT2D eigenvalue weighted by Crippen LogP contribution is 2.09. The molecule has 3 fully saturated rings. The molecule has 3 aliphatic heterocycles. The predicted molar refractivity (Wildman–Crippen MR) is 449 cm³/mol. The maximum Gasteiger partial charge on any atom is 0.169 e. The van der Waals surface area contributed by atoms with E-state index < -0.39 is 0 Å². The lowest BCUT2D eigenvalue weighted by Crippen LogP contribution is -2.33. The molecule has 0 aromatic carbocycles. The van der Waals surface area contributed by atoms with Crippen LogP contribution in [0.25, 0.3) is 0 Å². The van der Waals surface area contributed by atoms with Crippen LogP contribution in [-0.4, -0.2) is 308 Å². The van der Waals surface area contributed by atoms with Crippen molar-refractivity contribution in [3.63, 3.8) is 0 Å². The van der Waals surface area contributed by atoms with Gasteiger partial charge in [-0.3, -0.25) is 0 Å². The van der Waals surface area contributed by atoms with Gasteiger partial charge in [-0.25, -0.2) is 0 Å². The van der Waals surface area contributed by atoms with Gasteiger partial charge in [-0.05, 0) is 197 Å². The molecule has 1 unspecified atom stereocenters. The van der Waals surface area contributed by atoms with Crippen LogP contribution in [0.4, 0.5) is 0 Å². The maximum absolute atomic E-state index is 8.54. The molecule has 0 spiro atoms. The first-order chi connectivity index (χ1) is 50.6. The van der Waals surface area contributed by atoms with E-state index in [1.54, 1.807) is 14.2 Å².